The van der Waals surface area contributed by atoms with Gasteiger partial charge < -0.3 is 9.67 Å². The van der Waals surface area contributed by atoms with Crippen LogP contribution in [0.4, 0.5) is 5.69 Å². The third-order valence-corrected chi connectivity index (χ3v) is 5.08. The molecule has 0 saturated carbocycles. The number of hydrogen-bond donors (Lipinski definition) is 1. The number of thiazole rings is 1. The van der Waals surface area contributed by atoms with Crippen molar-refractivity contribution >= 4 is 17.0 Å². The van der Waals surface area contributed by atoms with E-state index in [4.69, 9.17) is 4.99 Å². The van der Waals surface area contributed by atoms with Crippen molar-refractivity contribution in [1.82, 2.24) is 4.57 Å². The van der Waals surface area contributed by atoms with Crippen LogP contribution in [0.25, 0.3) is 11.3 Å². The van der Waals surface area contributed by atoms with Crippen LogP contribution in [-0.4, -0.2) is 16.3 Å². The Kier molecular flexibility index (Phi) is 5.51. The topological polar surface area (TPSA) is 37.5 Å². The van der Waals surface area contributed by atoms with Crippen molar-refractivity contribution in [2.75, 3.05) is 6.61 Å². The summed E-state index contributed by atoms with van der Waals surface area (Å²) >= 11 is 1.61. The molecule has 4 heteroatoms. The first-order chi connectivity index (χ1) is 12.1. The minimum Gasteiger partial charge on any atom is -0.395 e. The monoisotopic (exact) mass is 352 g/mol. The van der Waals surface area contributed by atoms with Crippen molar-refractivity contribution < 1.29 is 5.11 Å². The largest absolute Gasteiger partial charge is 0.395 e. The van der Waals surface area contributed by atoms with Gasteiger partial charge in [-0.2, -0.15) is 0 Å². The molecule has 1 N–H and O–H groups in total. The molecule has 2 aromatic carbocycles. The molecule has 0 aliphatic rings. The maximum Gasteiger partial charge on any atom is 0.190 e. The smallest absolute Gasteiger partial charge is 0.190 e. The van der Waals surface area contributed by atoms with Gasteiger partial charge in [0.1, 0.15) is 0 Å². The Balaban J connectivity index is 2.05. The summed E-state index contributed by atoms with van der Waals surface area (Å²) in [5.74, 6) is 0.521. The maximum absolute atomic E-state index is 9.50. The van der Waals surface area contributed by atoms with Crippen LogP contribution in [0, 0.1) is 6.92 Å². The first kappa shape index (κ1) is 17.6. The lowest BCUT2D eigenvalue weighted by Gasteiger charge is -2.10. The summed E-state index contributed by atoms with van der Waals surface area (Å²) in [6.07, 6.45) is 0. The van der Waals surface area contributed by atoms with Crippen molar-refractivity contribution in [2.45, 2.75) is 33.2 Å². The van der Waals surface area contributed by atoms with Gasteiger partial charge in [0.05, 0.1) is 18.0 Å². The van der Waals surface area contributed by atoms with Gasteiger partial charge >= 0.3 is 0 Å². The number of aryl methyl sites for hydroxylation is 1. The number of aliphatic hydroxyl groups is 1. The first-order valence-corrected chi connectivity index (χ1v) is 9.47. The van der Waals surface area contributed by atoms with Crippen molar-refractivity contribution in [1.29, 1.82) is 0 Å². The molecule has 0 spiro atoms. The van der Waals surface area contributed by atoms with E-state index in [9.17, 15) is 5.11 Å². The van der Waals surface area contributed by atoms with Crippen LogP contribution in [0.15, 0.2) is 58.9 Å². The van der Waals surface area contributed by atoms with Gasteiger partial charge in [0.15, 0.2) is 4.80 Å². The van der Waals surface area contributed by atoms with Gasteiger partial charge in [-0.15, -0.1) is 11.3 Å². The molecule has 0 aliphatic heterocycles. The number of nitrogens with zero attached hydrogens (tertiary/aromatic N) is 2. The molecule has 3 aromatic rings. The lowest BCUT2D eigenvalue weighted by Crippen LogP contribution is -2.17. The maximum atomic E-state index is 9.50. The Morgan fingerprint density at radius 2 is 1.88 bits per heavy atom. The predicted octanol–water partition coefficient (Wildman–Crippen LogP) is 4.87. The van der Waals surface area contributed by atoms with Gasteiger partial charge in [0.25, 0.3) is 0 Å². The fourth-order valence-electron chi connectivity index (χ4n) is 2.81. The van der Waals surface area contributed by atoms with Crippen molar-refractivity contribution in [2.24, 2.45) is 4.99 Å². The first-order valence-electron chi connectivity index (χ1n) is 8.59. The van der Waals surface area contributed by atoms with Gasteiger partial charge in [-0.1, -0.05) is 50.2 Å². The Morgan fingerprint density at radius 3 is 2.52 bits per heavy atom. The lowest BCUT2D eigenvalue weighted by molar-refractivity contribution is 0.275. The van der Waals surface area contributed by atoms with E-state index in [0.717, 1.165) is 21.7 Å². The minimum absolute atomic E-state index is 0.0921. The van der Waals surface area contributed by atoms with E-state index in [2.05, 4.69) is 67.1 Å². The standard InChI is InChI=1S/C21H24N2OS/c1-15(2)17-7-9-18(10-8-17)20-14-25-21(23(20)11-12-24)22-19-6-4-5-16(3)13-19/h4-10,13-15,24H,11-12H2,1-3H3. The summed E-state index contributed by atoms with van der Waals surface area (Å²) in [5, 5.41) is 11.6. The summed E-state index contributed by atoms with van der Waals surface area (Å²) in [4.78, 5) is 5.69. The molecule has 0 fully saturated rings. The highest BCUT2D eigenvalue weighted by Crippen LogP contribution is 2.24. The molecular formula is C21H24N2OS. The van der Waals surface area contributed by atoms with Gasteiger partial charge in [-0.25, -0.2) is 4.99 Å². The average molecular weight is 353 g/mol. The molecule has 25 heavy (non-hydrogen) atoms. The molecule has 0 aliphatic carbocycles. The van der Waals surface area contributed by atoms with E-state index in [0.29, 0.717) is 12.5 Å². The van der Waals surface area contributed by atoms with Gasteiger partial charge in [0, 0.05) is 11.9 Å². The Labute approximate surface area is 152 Å². The minimum atomic E-state index is 0.0921. The summed E-state index contributed by atoms with van der Waals surface area (Å²) in [6.45, 7) is 7.09. The van der Waals surface area contributed by atoms with E-state index in [-0.39, 0.29) is 6.61 Å². The van der Waals surface area contributed by atoms with Crippen molar-refractivity contribution in [3.05, 3.63) is 69.8 Å². The number of benzene rings is 2. The SMILES string of the molecule is Cc1cccc(N=c2scc(-c3ccc(C(C)C)cc3)n2CCO)c1. The average Bonchev–Trinajstić information content (AvgIpc) is 2.98. The highest BCUT2D eigenvalue weighted by molar-refractivity contribution is 7.07. The zero-order valence-corrected chi connectivity index (χ0v) is 15.8. The number of rotatable bonds is 5. The molecule has 0 bridgehead atoms. The van der Waals surface area contributed by atoms with Crippen LogP contribution < -0.4 is 4.80 Å². The quantitative estimate of drug-likeness (QED) is 0.699. The molecule has 0 unspecified atom stereocenters. The number of hydrogen-bond acceptors (Lipinski definition) is 3. The van der Waals surface area contributed by atoms with Gasteiger partial charge in [-0.05, 0) is 41.7 Å². The molecule has 3 nitrogen and oxygen atoms in total. The molecule has 0 atom stereocenters. The van der Waals surface area contributed by atoms with Crippen LogP contribution in [0.2, 0.25) is 0 Å². The highest BCUT2D eigenvalue weighted by atomic mass is 32.1. The van der Waals surface area contributed by atoms with Crippen molar-refractivity contribution in [3.63, 3.8) is 0 Å². The molecular weight excluding hydrogens is 328 g/mol. The Hall–Kier alpha value is -2.17. The second-order valence-corrected chi connectivity index (χ2v) is 7.34. The molecule has 130 valence electrons. The van der Waals surface area contributed by atoms with E-state index in [1.54, 1.807) is 11.3 Å². The number of aromatic nitrogens is 1. The lowest BCUT2D eigenvalue weighted by atomic mass is 10.0. The van der Waals surface area contributed by atoms with E-state index >= 15 is 0 Å². The normalized spacial score (nSPS) is 12.1. The summed E-state index contributed by atoms with van der Waals surface area (Å²) in [6, 6.07) is 16.8. The fraction of sp³-hybridized carbons (Fsp3) is 0.286. The second kappa shape index (κ2) is 7.81. The molecule has 0 saturated heterocycles. The molecule has 1 heterocycles. The van der Waals surface area contributed by atoms with Crippen LogP contribution in [0.3, 0.4) is 0 Å². The highest BCUT2D eigenvalue weighted by Gasteiger charge is 2.09. The summed E-state index contributed by atoms with van der Waals surface area (Å²) < 4.78 is 2.09. The van der Waals surface area contributed by atoms with Gasteiger partial charge in [0.2, 0.25) is 0 Å². The fourth-order valence-corrected chi connectivity index (χ4v) is 3.77. The van der Waals surface area contributed by atoms with E-state index < -0.39 is 0 Å². The second-order valence-electron chi connectivity index (χ2n) is 6.51. The summed E-state index contributed by atoms with van der Waals surface area (Å²) in [5.41, 5.74) is 5.71. The predicted molar refractivity (Wildman–Crippen MR) is 105 cm³/mol. The van der Waals surface area contributed by atoms with Gasteiger partial charge in [-0.3, -0.25) is 0 Å². The third-order valence-electron chi connectivity index (χ3n) is 4.22. The van der Waals surface area contributed by atoms with Crippen molar-refractivity contribution in [3.8, 4) is 11.3 Å². The third kappa shape index (κ3) is 4.09. The van der Waals surface area contributed by atoms with Crippen LogP contribution in [0.1, 0.15) is 30.9 Å². The molecule has 1 aromatic heterocycles. The number of aliphatic hydroxyl groups excluding tert-OH is 1. The summed E-state index contributed by atoms with van der Waals surface area (Å²) in [7, 11) is 0. The van der Waals surface area contributed by atoms with Crippen LogP contribution in [0.5, 0.6) is 0 Å². The van der Waals surface area contributed by atoms with E-state index in [1.807, 2.05) is 12.1 Å². The van der Waals surface area contributed by atoms with Crippen LogP contribution >= 0.6 is 11.3 Å². The molecule has 3 rings (SSSR count). The zero-order chi connectivity index (χ0) is 17.8. The van der Waals surface area contributed by atoms with Crippen LogP contribution in [-0.2, 0) is 6.54 Å². The Bertz CT molecular complexity index is 904. The zero-order valence-electron chi connectivity index (χ0n) is 14.9. The van der Waals surface area contributed by atoms with E-state index in [1.165, 1.54) is 11.1 Å². The molecule has 0 amide bonds. The Morgan fingerprint density at radius 1 is 1.12 bits per heavy atom. The molecule has 0 radical (unpaired) electrons.